The van der Waals surface area contributed by atoms with Crippen LogP contribution in [0.2, 0.25) is 5.02 Å². The minimum absolute atomic E-state index is 0.0598. The first-order valence-electron chi connectivity index (χ1n) is 6.19. The number of rotatable bonds is 4. The highest BCUT2D eigenvalue weighted by molar-refractivity contribution is 6.30. The topological polar surface area (TPSA) is 53.1 Å². The normalized spacial score (nSPS) is 12.5. The summed E-state index contributed by atoms with van der Waals surface area (Å²) in [5, 5.41) is 5.03. The number of aryl methyl sites for hydroxylation is 2. The molecule has 0 amide bonds. The standard InChI is InChI=1S/C14H18ClN3O/c1-9(16)7-13-10(2)17-18(3)14(13)19-12-6-4-5-11(15)8-12/h4-6,8-9H,7,16H2,1-3H3. The monoisotopic (exact) mass is 279 g/mol. The first-order chi connectivity index (χ1) is 8.97. The maximum Gasteiger partial charge on any atom is 0.221 e. The lowest BCUT2D eigenvalue weighted by Crippen LogP contribution is -2.18. The van der Waals surface area contributed by atoms with Crippen LogP contribution in [-0.2, 0) is 13.5 Å². The van der Waals surface area contributed by atoms with Crippen LogP contribution in [0.3, 0.4) is 0 Å². The van der Waals surface area contributed by atoms with E-state index in [9.17, 15) is 0 Å². The molecular formula is C14H18ClN3O. The molecule has 1 atom stereocenters. The molecule has 0 bridgehead atoms. The molecule has 4 nitrogen and oxygen atoms in total. The zero-order chi connectivity index (χ0) is 14.0. The predicted octanol–water partition coefficient (Wildman–Crippen LogP) is 3.06. The molecule has 5 heteroatoms. The highest BCUT2D eigenvalue weighted by Crippen LogP contribution is 2.29. The van der Waals surface area contributed by atoms with E-state index in [2.05, 4.69) is 5.10 Å². The Morgan fingerprint density at radius 1 is 1.47 bits per heavy atom. The second-order valence-electron chi connectivity index (χ2n) is 4.73. The van der Waals surface area contributed by atoms with Crippen molar-refractivity contribution in [1.82, 2.24) is 9.78 Å². The Labute approximate surface area is 118 Å². The molecule has 0 aliphatic carbocycles. The molecule has 0 fully saturated rings. The number of ether oxygens (including phenoxy) is 1. The maximum absolute atomic E-state index is 5.96. The van der Waals surface area contributed by atoms with E-state index in [1.807, 2.05) is 39.1 Å². The number of halogens is 1. The van der Waals surface area contributed by atoms with Gasteiger partial charge in [-0.1, -0.05) is 17.7 Å². The van der Waals surface area contributed by atoms with Crippen molar-refractivity contribution in [2.24, 2.45) is 12.8 Å². The van der Waals surface area contributed by atoms with E-state index in [0.29, 0.717) is 10.8 Å². The van der Waals surface area contributed by atoms with Gasteiger partial charge in [0.2, 0.25) is 5.88 Å². The fourth-order valence-electron chi connectivity index (χ4n) is 2.01. The molecule has 102 valence electrons. The lowest BCUT2D eigenvalue weighted by atomic mass is 10.1. The van der Waals surface area contributed by atoms with Gasteiger partial charge in [0, 0.05) is 23.7 Å². The summed E-state index contributed by atoms with van der Waals surface area (Å²) in [4.78, 5) is 0. The van der Waals surface area contributed by atoms with Gasteiger partial charge in [-0.15, -0.1) is 0 Å². The Bertz CT molecular complexity index is 578. The van der Waals surface area contributed by atoms with Gasteiger partial charge in [-0.05, 0) is 38.5 Å². The van der Waals surface area contributed by atoms with Crippen molar-refractivity contribution in [2.75, 3.05) is 0 Å². The van der Waals surface area contributed by atoms with Gasteiger partial charge in [0.1, 0.15) is 5.75 Å². The molecule has 1 aromatic carbocycles. The number of hydrogen-bond acceptors (Lipinski definition) is 3. The number of hydrogen-bond donors (Lipinski definition) is 1. The van der Waals surface area contributed by atoms with E-state index in [4.69, 9.17) is 22.1 Å². The van der Waals surface area contributed by atoms with Crippen LogP contribution >= 0.6 is 11.6 Å². The number of benzene rings is 1. The lowest BCUT2D eigenvalue weighted by Gasteiger charge is -2.10. The van der Waals surface area contributed by atoms with Gasteiger partial charge in [0.25, 0.3) is 0 Å². The third kappa shape index (κ3) is 3.28. The van der Waals surface area contributed by atoms with Crippen molar-refractivity contribution < 1.29 is 4.74 Å². The van der Waals surface area contributed by atoms with E-state index >= 15 is 0 Å². The van der Waals surface area contributed by atoms with Crippen molar-refractivity contribution in [2.45, 2.75) is 26.3 Å². The summed E-state index contributed by atoms with van der Waals surface area (Å²) >= 11 is 5.96. The Hall–Kier alpha value is -1.52. The molecule has 2 rings (SSSR count). The fraction of sp³-hybridized carbons (Fsp3) is 0.357. The Kier molecular flexibility index (Phi) is 4.12. The zero-order valence-electron chi connectivity index (χ0n) is 11.4. The molecule has 0 radical (unpaired) electrons. The Balaban J connectivity index is 2.33. The summed E-state index contributed by atoms with van der Waals surface area (Å²) in [6, 6.07) is 7.37. The molecule has 2 aromatic rings. The average Bonchev–Trinajstić information content (AvgIpc) is 2.56. The van der Waals surface area contributed by atoms with Crippen molar-refractivity contribution in [3.8, 4) is 11.6 Å². The molecule has 1 unspecified atom stereocenters. The van der Waals surface area contributed by atoms with Crippen LogP contribution in [0, 0.1) is 6.92 Å². The summed E-state index contributed by atoms with van der Waals surface area (Å²) in [7, 11) is 1.86. The SMILES string of the molecule is Cc1nn(C)c(Oc2cccc(Cl)c2)c1CC(C)N. The maximum atomic E-state index is 5.96. The number of nitrogens with two attached hydrogens (primary N) is 1. The predicted molar refractivity (Wildman–Crippen MR) is 76.8 cm³/mol. The van der Waals surface area contributed by atoms with E-state index in [1.165, 1.54) is 0 Å². The van der Waals surface area contributed by atoms with Gasteiger partial charge >= 0.3 is 0 Å². The van der Waals surface area contributed by atoms with Crippen molar-refractivity contribution >= 4 is 11.6 Å². The third-order valence-corrected chi connectivity index (χ3v) is 3.06. The number of nitrogens with zero attached hydrogens (tertiary/aromatic N) is 2. The van der Waals surface area contributed by atoms with Crippen LogP contribution in [0.15, 0.2) is 24.3 Å². The average molecular weight is 280 g/mol. The number of aromatic nitrogens is 2. The summed E-state index contributed by atoms with van der Waals surface area (Å²) in [6.07, 6.45) is 0.732. The Morgan fingerprint density at radius 2 is 2.21 bits per heavy atom. The summed E-state index contributed by atoms with van der Waals surface area (Å²) in [5.41, 5.74) is 7.86. The summed E-state index contributed by atoms with van der Waals surface area (Å²) in [6.45, 7) is 3.93. The summed E-state index contributed by atoms with van der Waals surface area (Å²) < 4.78 is 7.63. The van der Waals surface area contributed by atoms with E-state index in [1.54, 1.807) is 10.7 Å². The van der Waals surface area contributed by atoms with Gasteiger partial charge in [0.05, 0.1) is 5.69 Å². The largest absolute Gasteiger partial charge is 0.439 e. The minimum Gasteiger partial charge on any atom is -0.439 e. The smallest absolute Gasteiger partial charge is 0.221 e. The molecule has 0 aliphatic heterocycles. The first-order valence-corrected chi connectivity index (χ1v) is 6.56. The second kappa shape index (κ2) is 5.63. The van der Waals surface area contributed by atoms with Gasteiger partial charge in [0.15, 0.2) is 0 Å². The molecule has 19 heavy (non-hydrogen) atoms. The van der Waals surface area contributed by atoms with Crippen LogP contribution in [0.25, 0.3) is 0 Å². The Morgan fingerprint density at radius 3 is 2.84 bits per heavy atom. The molecule has 0 spiro atoms. The van der Waals surface area contributed by atoms with Gasteiger partial charge in [-0.2, -0.15) is 5.10 Å². The van der Waals surface area contributed by atoms with E-state index in [-0.39, 0.29) is 6.04 Å². The van der Waals surface area contributed by atoms with Crippen LogP contribution in [0.4, 0.5) is 0 Å². The van der Waals surface area contributed by atoms with Gasteiger partial charge < -0.3 is 10.5 Å². The highest BCUT2D eigenvalue weighted by Gasteiger charge is 2.16. The second-order valence-corrected chi connectivity index (χ2v) is 5.17. The van der Waals surface area contributed by atoms with E-state index < -0.39 is 0 Å². The minimum atomic E-state index is 0.0598. The van der Waals surface area contributed by atoms with Crippen LogP contribution in [0.1, 0.15) is 18.2 Å². The molecule has 0 aliphatic rings. The molecule has 0 saturated carbocycles. The first kappa shape index (κ1) is 13.9. The lowest BCUT2D eigenvalue weighted by molar-refractivity contribution is 0.424. The van der Waals surface area contributed by atoms with E-state index in [0.717, 1.165) is 23.6 Å². The quantitative estimate of drug-likeness (QED) is 0.936. The fourth-order valence-corrected chi connectivity index (χ4v) is 2.19. The van der Waals surface area contributed by atoms with Crippen LogP contribution < -0.4 is 10.5 Å². The molecular weight excluding hydrogens is 262 g/mol. The molecule has 1 heterocycles. The van der Waals surface area contributed by atoms with Crippen molar-refractivity contribution in [3.63, 3.8) is 0 Å². The third-order valence-electron chi connectivity index (χ3n) is 2.83. The van der Waals surface area contributed by atoms with Crippen LogP contribution in [0.5, 0.6) is 11.6 Å². The van der Waals surface area contributed by atoms with Gasteiger partial charge in [-0.25, -0.2) is 4.68 Å². The van der Waals surface area contributed by atoms with Crippen molar-refractivity contribution in [3.05, 3.63) is 40.5 Å². The molecule has 1 aromatic heterocycles. The summed E-state index contributed by atoms with van der Waals surface area (Å²) in [5.74, 6) is 1.42. The zero-order valence-corrected chi connectivity index (χ0v) is 12.1. The molecule has 2 N–H and O–H groups in total. The van der Waals surface area contributed by atoms with Crippen LogP contribution in [-0.4, -0.2) is 15.8 Å². The van der Waals surface area contributed by atoms with Gasteiger partial charge in [-0.3, -0.25) is 0 Å². The molecule has 0 saturated heterocycles. The van der Waals surface area contributed by atoms with Crippen molar-refractivity contribution in [1.29, 1.82) is 0 Å². The highest BCUT2D eigenvalue weighted by atomic mass is 35.5.